The fourth-order valence-electron chi connectivity index (χ4n) is 2.62. The molecule has 4 heteroatoms. The number of hydrogen-bond acceptors (Lipinski definition) is 2. The van der Waals surface area contributed by atoms with Crippen LogP contribution in [0.3, 0.4) is 0 Å². The van der Waals surface area contributed by atoms with Gasteiger partial charge in [-0.3, -0.25) is 9.59 Å². The molecule has 1 saturated heterocycles. The standard InChI is InChI=1S/C16H22N2O2/c1-12-10-14(11-15(19)18-12)16(20)17-9-5-8-13-6-3-2-4-7-13/h2-4,6-7,12,14H,5,8-11H2,1H3,(H,17,20)(H,18,19)/t12-,14-/m1/s1. The Bertz CT molecular complexity index is 459. The van der Waals surface area contributed by atoms with Crippen LogP contribution in [0.5, 0.6) is 0 Å². The Hall–Kier alpha value is -1.84. The second-order valence-electron chi connectivity index (χ2n) is 5.49. The maximum atomic E-state index is 12.0. The van der Waals surface area contributed by atoms with Gasteiger partial charge in [-0.25, -0.2) is 0 Å². The van der Waals surface area contributed by atoms with Crippen molar-refractivity contribution in [1.29, 1.82) is 0 Å². The number of nitrogens with one attached hydrogen (secondary N) is 2. The molecule has 0 aromatic heterocycles. The van der Waals surface area contributed by atoms with Crippen molar-refractivity contribution >= 4 is 11.8 Å². The van der Waals surface area contributed by atoms with Crippen LogP contribution >= 0.6 is 0 Å². The molecule has 0 bridgehead atoms. The first-order valence-electron chi connectivity index (χ1n) is 7.26. The van der Waals surface area contributed by atoms with Crippen molar-refractivity contribution in [3.8, 4) is 0 Å². The summed E-state index contributed by atoms with van der Waals surface area (Å²) in [6.45, 7) is 2.60. The number of amides is 2. The van der Waals surface area contributed by atoms with Crippen molar-refractivity contribution in [3.05, 3.63) is 35.9 Å². The van der Waals surface area contributed by atoms with Crippen LogP contribution in [-0.4, -0.2) is 24.4 Å². The molecular formula is C16H22N2O2. The maximum absolute atomic E-state index is 12.0. The van der Waals surface area contributed by atoms with Gasteiger partial charge in [0.15, 0.2) is 0 Å². The van der Waals surface area contributed by atoms with Crippen LogP contribution in [0, 0.1) is 5.92 Å². The van der Waals surface area contributed by atoms with E-state index in [1.165, 1.54) is 5.56 Å². The Balaban J connectivity index is 1.68. The molecule has 1 aliphatic rings. The predicted molar refractivity (Wildman–Crippen MR) is 78.1 cm³/mol. The second-order valence-corrected chi connectivity index (χ2v) is 5.49. The Labute approximate surface area is 119 Å². The van der Waals surface area contributed by atoms with Crippen molar-refractivity contribution in [2.75, 3.05) is 6.54 Å². The van der Waals surface area contributed by atoms with Crippen LogP contribution in [0.1, 0.15) is 31.7 Å². The van der Waals surface area contributed by atoms with E-state index in [1.54, 1.807) is 0 Å². The Morgan fingerprint density at radius 2 is 2.10 bits per heavy atom. The van der Waals surface area contributed by atoms with Crippen LogP contribution in [-0.2, 0) is 16.0 Å². The van der Waals surface area contributed by atoms with E-state index in [4.69, 9.17) is 0 Å². The smallest absolute Gasteiger partial charge is 0.223 e. The maximum Gasteiger partial charge on any atom is 0.223 e. The van der Waals surface area contributed by atoms with Gasteiger partial charge in [0.25, 0.3) is 0 Å². The zero-order chi connectivity index (χ0) is 14.4. The molecule has 1 aromatic carbocycles. The predicted octanol–water partition coefficient (Wildman–Crippen LogP) is 1.65. The van der Waals surface area contributed by atoms with Gasteiger partial charge in [0.05, 0.1) is 0 Å². The van der Waals surface area contributed by atoms with Crippen LogP contribution in [0.2, 0.25) is 0 Å². The van der Waals surface area contributed by atoms with Crippen LogP contribution in [0.4, 0.5) is 0 Å². The molecule has 108 valence electrons. The van der Waals surface area contributed by atoms with Gasteiger partial charge >= 0.3 is 0 Å². The van der Waals surface area contributed by atoms with E-state index >= 15 is 0 Å². The average Bonchev–Trinajstić information content (AvgIpc) is 2.43. The molecule has 0 radical (unpaired) electrons. The molecule has 1 heterocycles. The van der Waals surface area contributed by atoms with Gasteiger partial charge in [-0.2, -0.15) is 0 Å². The topological polar surface area (TPSA) is 58.2 Å². The van der Waals surface area contributed by atoms with Crippen LogP contribution in [0.25, 0.3) is 0 Å². The fraction of sp³-hybridized carbons (Fsp3) is 0.500. The third kappa shape index (κ3) is 4.37. The number of piperidine rings is 1. The first-order chi connectivity index (χ1) is 9.65. The highest BCUT2D eigenvalue weighted by Gasteiger charge is 2.28. The zero-order valence-electron chi connectivity index (χ0n) is 11.9. The molecule has 1 aliphatic heterocycles. The van der Waals surface area contributed by atoms with E-state index in [-0.39, 0.29) is 23.8 Å². The molecule has 1 fully saturated rings. The van der Waals surface area contributed by atoms with Crippen molar-refractivity contribution in [2.45, 2.75) is 38.6 Å². The van der Waals surface area contributed by atoms with Gasteiger partial charge in [0.1, 0.15) is 0 Å². The molecule has 0 saturated carbocycles. The van der Waals surface area contributed by atoms with E-state index in [1.807, 2.05) is 25.1 Å². The average molecular weight is 274 g/mol. The first-order valence-corrected chi connectivity index (χ1v) is 7.26. The largest absolute Gasteiger partial charge is 0.356 e. The van der Waals surface area contributed by atoms with Gasteiger partial charge in [-0.05, 0) is 31.7 Å². The molecule has 2 N–H and O–H groups in total. The van der Waals surface area contributed by atoms with E-state index in [2.05, 4.69) is 22.8 Å². The highest BCUT2D eigenvalue weighted by Crippen LogP contribution is 2.16. The van der Waals surface area contributed by atoms with E-state index in [9.17, 15) is 9.59 Å². The summed E-state index contributed by atoms with van der Waals surface area (Å²) in [6, 6.07) is 10.3. The summed E-state index contributed by atoms with van der Waals surface area (Å²) in [5.74, 6) is -0.177. The number of carbonyl (C=O) groups is 2. The molecule has 2 rings (SSSR count). The highest BCUT2D eigenvalue weighted by molar-refractivity contribution is 5.87. The minimum Gasteiger partial charge on any atom is -0.356 e. The molecule has 2 atom stereocenters. The van der Waals surface area contributed by atoms with Crippen LogP contribution < -0.4 is 10.6 Å². The Morgan fingerprint density at radius 1 is 1.35 bits per heavy atom. The molecule has 0 spiro atoms. The van der Waals surface area contributed by atoms with E-state index in [0.717, 1.165) is 19.3 Å². The molecule has 1 aromatic rings. The summed E-state index contributed by atoms with van der Waals surface area (Å²) < 4.78 is 0. The number of carbonyl (C=O) groups excluding carboxylic acids is 2. The van der Waals surface area contributed by atoms with Gasteiger partial charge in [-0.1, -0.05) is 30.3 Å². The third-order valence-corrected chi connectivity index (χ3v) is 3.63. The molecule has 0 unspecified atom stereocenters. The van der Waals surface area contributed by atoms with Crippen molar-refractivity contribution in [1.82, 2.24) is 10.6 Å². The molecule has 4 nitrogen and oxygen atoms in total. The lowest BCUT2D eigenvalue weighted by atomic mass is 9.92. The van der Waals surface area contributed by atoms with Crippen molar-refractivity contribution in [3.63, 3.8) is 0 Å². The SMILES string of the molecule is C[C@@H]1C[C@@H](C(=O)NCCCc2ccccc2)CC(=O)N1. The van der Waals surface area contributed by atoms with Gasteiger partial charge < -0.3 is 10.6 Å². The summed E-state index contributed by atoms with van der Waals surface area (Å²) in [7, 11) is 0. The van der Waals surface area contributed by atoms with Crippen molar-refractivity contribution in [2.24, 2.45) is 5.92 Å². The first kappa shape index (κ1) is 14.6. The summed E-state index contributed by atoms with van der Waals surface area (Å²) >= 11 is 0. The normalized spacial score (nSPS) is 22.1. The van der Waals surface area contributed by atoms with Gasteiger partial charge in [0, 0.05) is 24.9 Å². The Kier molecular flexibility index (Phi) is 5.16. The summed E-state index contributed by atoms with van der Waals surface area (Å²) in [5.41, 5.74) is 1.28. The highest BCUT2D eigenvalue weighted by atomic mass is 16.2. The molecule has 2 amide bonds. The Morgan fingerprint density at radius 3 is 2.80 bits per heavy atom. The lowest BCUT2D eigenvalue weighted by Gasteiger charge is -2.26. The molecule has 0 aliphatic carbocycles. The third-order valence-electron chi connectivity index (χ3n) is 3.63. The van der Waals surface area contributed by atoms with Gasteiger partial charge in [-0.15, -0.1) is 0 Å². The summed E-state index contributed by atoms with van der Waals surface area (Å²) in [6.07, 6.45) is 2.93. The zero-order valence-corrected chi connectivity index (χ0v) is 11.9. The number of aryl methyl sites for hydroxylation is 1. The number of hydrogen-bond donors (Lipinski definition) is 2. The molecular weight excluding hydrogens is 252 g/mol. The van der Waals surface area contributed by atoms with Gasteiger partial charge in [0.2, 0.25) is 11.8 Å². The van der Waals surface area contributed by atoms with E-state index < -0.39 is 0 Å². The lowest BCUT2D eigenvalue weighted by molar-refractivity contribution is -0.133. The van der Waals surface area contributed by atoms with Crippen molar-refractivity contribution < 1.29 is 9.59 Å². The van der Waals surface area contributed by atoms with E-state index in [0.29, 0.717) is 13.0 Å². The minimum atomic E-state index is -0.171. The monoisotopic (exact) mass is 274 g/mol. The lowest BCUT2D eigenvalue weighted by Crippen LogP contribution is -2.45. The fourth-order valence-corrected chi connectivity index (χ4v) is 2.62. The number of benzene rings is 1. The summed E-state index contributed by atoms with van der Waals surface area (Å²) in [4.78, 5) is 23.4. The second kappa shape index (κ2) is 7.08. The minimum absolute atomic E-state index is 0.0137. The van der Waals surface area contributed by atoms with Crippen LogP contribution in [0.15, 0.2) is 30.3 Å². The quantitative estimate of drug-likeness (QED) is 0.802. The number of rotatable bonds is 5. The summed E-state index contributed by atoms with van der Waals surface area (Å²) in [5, 5.41) is 5.78. The molecule has 20 heavy (non-hydrogen) atoms.